The number of H-pyrrole nitrogens is 1. The summed E-state index contributed by atoms with van der Waals surface area (Å²) in [5.41, 5.74) is 0. The van der Waals surface area contributed by atoms with Gasteiger partial charge in [0.2, 0.25) is 0 Å². The van der Waals surface area contributed by atoms with Gasteiger partial charge in [0.15, 0.2) is 0 Å². The number of tetrazole rings is 1. The summed E-state index contributed by atoms with van der Waals surface area (Å²) in [6.07, 6.45) is 3.34. The Morgan fingerprint density at radius 2 is 2.33 bits per heavy atom. The molecule has 0 amide bonds. The van der Waals surface area contributed by atoms with E-state index >= 15 is 0 Å². The number of nitrogens with one attached hydrogen (secondary N) is 1. The van der Waals surface area contributed by atoms with Gasteiger partial charge in [-0.1, -0.05) is 0 Å². The van der Waals surface area contributed by atoms with Gasteiger partial charge in [-0.25, -0.2) is 5.10 Å². The van der Waals surface area contributed by atoms with Crippen molar-refractivity contribution in [1.29, 1.82) is 0 Å². The van der Waals surface area contributed by atoms with Gasteiger partial charge in [-0.3, -0.25) is 0 Å². The number of rotatable bonds is 5. The fourth-order valence-electron chi connectivity index (χ4n) is 0.951. The lowest BCUT2D eigenvalue weighted by molar-refractivity contribution is -0.117. The molecular weight excluding hydrogens is 156 g/mol. The molecule has 0 radical (unpaired) electrons. The van der Waals surface area contributed by atoms with Crippen LogP contribution in [-0.2, 0) is 11.2 Å². The molecule has 0 unspecified atom stereocenters. The van der Waals surface area contributed by atoms with Gasteiger partial charge in [-0.2, -0.15) is 0 Å². The molecule has 12 heavy (non-hydrogen) atoms. The number of aromatic nitrogens is 4. The first-order valence-corrected chi connectivity index (χ1v) is 4.01. The predicted octanol–water partition coefficient (Wildman–Crippen LogP) is 0.501. The minimum Gasteiger partial charge on any atom is -0.300 e. The summed E-state index contributed by atoms with van der Waals surface area (Å²) in [5.74, 6) is 1.03. The van der Waals surface area contributed by atoms with Crippen molar-refractivity contribution in [3.05, 3.63) is 5.82 Å². The fraction of sp³-hybridized carbons (Fsp3) is 0.714. The Balaban J connectivity index is 2.07. The zero-order valence-corrected chi connectivity index (χ0v) is 7.08. The molecule has 0 aliphatic heterocycles. The molecule has 0 spiro atoms. The molecule has 0 fully saturated rings. The second kappa shape index (κ2) is 4.58. The van der Waals surface area contributed by atoms with Crippen LogP contribution in [0, 0.1) is 0 Å². The quantitative estimate of drug-likeness (QED) is 0.650. The van der Waals surface area contributed by atoms with Gasteiger partial charge in [0.25, 0.3) is 0 Å². The number of carbonyl (C=O) groups excluding carboxylic acids is 1. The monoisotopic (exact) mass is 168 g/mol. The van der Waals surface area contributed by atoms with Crippen molar-refractivity contribution in [3.63, 3.8) is 0 Å². The molecule has 5 heteroatoms. The highest BCUT2D eigenvalue weighted by atomic mass is 16.1. The van der Waals surface area contributed by atoms with Crippen LogP contribution in [0.3, 0.4) is 0 Å². The first-order valence-electron chi connectivity index (χ1n) is 4.01. The molecule has 1 heterocycles. The van der Waals surface area contributed by atoms with Crippen molar-refractivity contribution in [1.82, 2.24) is 20.6 Å². The number of unbranched alkanes of at least 4 members (excludes halogenated alkanes) is 1. The second-order valence-electron chi connectivity index (χ2n) is 2.76. The van der Waals surface area contributed by atoms with Crippen LogP contribution in [0.2, 0.25) is 0 Å². The molecule has 66 valence electrons. The van der Waals surface area contributed by atoms with Crippen molar-refractivity contribution in [2.45, 2.75) is 32.6 Å². The van der Waals surface area contributed by atoms with Crippen molar-refractivity contribution in [2.75, 3.05) is 0 Å². The Hall–Kier alpha value is -1.26. The van der Waals surface area contributed by atoms with Crippen LogP contribution in [0.1, 0.15) is 32.0 Å². The lowest BCUT2D eigenvalue weighted by atomic mass is 10.1. The minimum absolute atomic E-state index is 0.241. The Labute approximate surface area is 70.6 Å². The van der Waals surface area contributed by atoms with Crippen LogP contribution in [0.4, 0.5) is 0 Å². The van der Waals surface area contributed by atoms with Crippen molar-refractivity contribution in [3.8, 4) is 0 Å². The summed E-state index contributed by atoms with van der Waals surface area (Å²) in [5, 5.41) is 13.3. The predicted molar refractivity (Wildman–Crippen MR) is 42.4 cm³/mol. The zero-order valence-electron chi connectivity index (χ0n) is 7.08. The largest absolute Gasteiger partial charge is 0.300 e. The molecule has 5 nitrogen and oxygen atoms in total. The summed E-state index contributed by atoms with van der Waals surface area (Å²) >= 11 is 0. The van der Waals surface area contributed by atoms with Crippen LogP contribution >= 0.6 is 0 Å². The van der Waals surface area contributed by atoms with E-state index in [-0.39, 0.29) is 5.78 Å². The lowest BCUT2D eigenvalue weighted by Gasteiger charge is -1.93. The number of nitrogens with zero attached hydrogens (tertiary/aromatic N) is 3. The third-order valence-electron chi connectivity index (χ3n) is 1.58. The normalized spacial score (nSPS) is 10.1. The summed E-state index contributed by atoms with van der Waals surface area (Å²) in [6.45, 7) is 1.61. The smallest absolute Gasteiger partial charge is 0.148 e. The number of hydrogen-bond acceptors (Lipinski definition) is 4. The molecule has 0 atom stereocenters. The fourth-order valence-corrected chi connectivity index (χ4v) is 0.951. The number of Topliss-reactive ketones (excluding diaryl/α,β-unsaturated/α-hetero) is 1. The standard InChI is InChI=1S/C7H12N4O/c1-6(12)4-2-3-5-7-8-10-11-9-7/h2-5H2,1H3,(H,8,9,10,11). The van der Waals surface area contributed by atoms with E-state index in [1.54, 1.807) is 6.92 Å². The first kappa shape index (κ1) is 8.83. The first-order chi connectivity index (χ1) is 5.79. The van der Waals surface area contributed by atoms with Crippen molar-refractivity contribution < 1.29 is 4.79 Å². The summed E-state index contributed by atoms with van der Waals surface area (Å²) < 4.78 is 0. The second-order valence-corrected chi connectivity index (χ2v) is 2.76. The zero-order chi connectivity index (χ0) is 8.81. The van der Waals surface area contributed by atoms with Crippen LogP contribution in [0.5, 0.6) is 0 Å². The van der Waals surface area contributed by atoms with Crippen LogP contribution in [0.15, 0.2) is 0 Å². The minimum atomic E-state index is 0.241. The molecule has 1 rings (SSSR count). The Bertz CT molecular complexity index is 232. The van der Waals surface area contributed by atoms with Gasteiger partial charge >= 0.3 is 0 Å². The van der Waals surface area contributed by atoms with Crippen molar-refractivity contribution >= 4 is 5.78 Å². The molecular formula is C7H12N4O. The summed E-state index contributed by atoms with van der Waals surface area (Å²) in [6, 6.07) is 0. The highest BCUT2D eigenvalue weighted by molar-refractivity contribution is 5.75. The van der Waals surface area contributed by atoms with E-state index in [4.69, 9.17) is 0 Å². The van der Waals surface area contributed by atoms with E-state index in [0.29, 0.717) is 6.42 Å². The number of carbonyl (C=O) groups is 1. The van der Waals surface area contributed by atoms with Gasteiger partial charge in [0, 0.05) is 12.8 Å². The molecule has 1 aromatic heterocycles. The SMILES string of the molecule is CC(=O)CCCCc1nnn[nH]1. The molecule has 0 saturated carbocycles. The van der Waals surface area contributed by atoms with E-state index in [9.17, 15) is 4.79 Å². The molecule has 0 aromatic carbocycles. The maximum atomic E-state index is 10.6. The molecule has 0 aliphatic carbocycles. The van der Waals surface area contributed by atoms with E-state index in [2.05, 4.69) is 20.6 Å². The van der Waals surface area contributed by atoms with E-state index < -0.39 is 0 Å². The van der Waals surface area contributed by atoms with E-state index in [0.717, 1.165) is 25.1 Å². The third kappa shape index (κ3) is 3.23. The van der Waals surface area contributed by atoms with Crippen LogP contribution in [-0.4, -0.2) is 26.4 Å². The average molecular weight is 168 g/mol. The summed E-state index contributed by atoms with van der Waals surface area (Å²) in [4.78, 5) is 10.6. The van der Waals surface area contributed by atoms with Gasteiger partial charge < -0.3 is 4.79 Å². The molecule has 1 aromatic rings. The number of hydrogen-bond donors (Lipinski definition) is 1. The topological polar surface area (TPSA) is 71.5 Å². The highest BCUT2D eigenvalue weighted by Crippen LogP contribution is 2.00. The lowest BCUT2D eigenvalue weighted by Crippen LogP contribution is -1.93. The van der Waals surface area contributed by atoms with Gasteiger partial charge in [-0.05, 0) is 30.2 Å². The number of aryl methyl sites for hydroxylation is 1. The number of aromatic amines is 1. The molecule has 0 bridgehead atoms. The van der Waals surface area contributed by atoms with Crippen molar-refractivity contribution in [2.24, 2.45) is 0 Å². The molecule has 1 N–H and O–H groups in total. The Morgan fingerprint density at radius 3 is 2.92 bits per heavy atom. The third-order valence-corrected chi connectivity index (χ3v) is 1.58. The van der Waals surface area contributed by atoms with E-state index in [1.807, 2.05) is 0 Å². The highest BCUT2D eigenvalue weighted by Gasteiger charge is 1.97. The van der Waals surface area contributed by atoms with Gasteiger partial charge in [-0.15, -0.1) is 5.10 Å². The number of ketones is 1. The molecule has 0 aliphatic rings. The van der Waals surface area contributed by atoms with Crippen LogP contribution < -0.4 is 0 Å². The van der Waals surface area contributed by atoms with E-state index in [1.165, 1.54) is 0 Å². The maximum absolute atomic E-state index is 10.6. The average Bonchev–Trinajstić information content (AvgIpc) is 2.49. The Morgan fingerprint density at radius 1 is 1.50 bits per heavy atom. The van der Waals surface area contributed by atoms with Gasteiger partial charge in [0.05, 0.1) is 0 Å². The maximum Gasteiger partial charge on any atom is 0.148 e. The Kier molecular flexibility index (Phi) is 3.37. The summed E-state index contributed by atoms with van der Waals surface area (Å²) in [7, 11) is 0. The molecule has 0 saturated heterocycles. The van der Waals surface area contributed by atoms with Gasteiger partial charge in [0.1, 0.15) is 11.6 Å². The van der Waals surface area contributed by atoms with Crippen LogP contribution in [0.25, 0.3) is 0 Å².